The molecule has 1 atom stereocenters. The molecule has 1 fully saturated rings. The Morgan fingerprint density at radius 1 is 1.35 bits per heavy atom. The molecule has 3 nitrogen and oxygen atoms in total. The fourth-order valence-electron chi connectivity index (χ4n) is 2.49. The molecule has 2 rings (SSSR count). The number of hydrogen-bond donors (Lipinski definition) is 1. The highest BCUT2D eigenvalue weighted by Gasteiger charge is 2.21. The second-order valence-corrected chi connectivity index (χ2v) is 5.98. The lowest BCUT2D eigenvalue weighted by Gasteiger charge is -2.29. The number of piperidine rings is 1. The summed E-state index contributed by atoms with van der Waals surface area (Å²) >= 11 is 6.11. The van der Waals surface area contributed by atoms with E-state index in [2.05, 4.69) is 5.32 Å². The minimum absolute atomic E-state index is 0.145. The van der Waals surface area contributed by atoms with Gasteiger partial charge in [-0.2, -0.15) is 0 Å². The summed E-state index contributed by atoms with van der Waals surface area (Å²) in [6.07, 6.45) is 3.51. The average Bonchev–Trinajstić information content (AvgIpc) is 2.48. The number of carbonyl (C=O) groups excluding carboxylic acids is 1. The summed E-state index contributed by atoms with van der Waals surface area (Å²) in [5, 5.41) is 4.07. The summed E-state index contributed by atoms with van der Waals surface area (Å²) < 4.78 is 0. The zero-order valence-electron chi connectivity index (χ0n) is 12.3. The van der Waals surface area contributed by atoms with Crippen molar-refractivity contribution < 1.29 is 4.79 Å². The molecule has 1 amide bonds. The zero-order chi connectivity index (χ0) is 14.5. The summed E-state index contributed by atoms with van der Waals surface area (Å²) in [4.78, 5) is 14.3. The van der Waals surface area contributed by atoms with Crippen LogP contribution in [0.5, 0.6) is 0 Å². The van der Waals surface area contributed by atoms with Crippen LogP contribution in [0.25, 0.3) is 0 Å². The van der Waals surface area contributed by atoms with Crippen LogP contribution in [0.2, 0.25) is 5.02 Å². The van der Waals surface area contributed by atoms with Gasteiger partial charge in [-0.3, -0.25) is 4.79 Å². The number of carbonyl (C=O) groups is 1. The van der Waals surface area contributed by atoms with Gasteiger partial charge in [0.1, 0.15) is 0 Å². The Balaban J connectivity index is 1.85. The number of likely N-dealkylation sites (tertiary alicyclic amines) is 1. The number of hydrogen-bond acceptors (Lipinski definition) is 2. The van der Waals surface area contributed by atoms with Crippen molar-refractivity contribution >= 4 is 17.5 Å². The molecular formula is C16H23ClN2O. The summed E-state index contributed by atoms with van der Waals surface area (Å²) in [5.74, 6) is 0.211. The Morgan fingerprint density at radius 2 is 2.05 bits per heavy atom. The van der Waals surface area contributed by atoms with Crippen LogP contribution in [0.1, 0.15) is 37.3 Å². The summed E-state index contributed by atoms with van der Waals surface area (Å²) in [6.45, 7) is 6.40. The van der Waals surface area contributed by atoms with E-state index in [0.717, 1.165) is 42.1 Å². The molecule has 0 spiro atoms. The molecule has 1 heterocycles. The predicted octanol–water partition coefficient (Wildman–Crippen LogP) is 3.14. The summed E-state index contributed by atoms with van der Waals surface area (Å²) in [7, 11) is 0. The van der Waals surface area contributed by atoms with Crippen molar-refractivity contribution in [2.45, 2.75) is 45.7 Å². The molecule has 4 heteroatoms. The third-order valence-corrected chi connectivity index (χ3v) is 4.29. The van der Waals surface area contributed by atoms with Gasteiger partial charge in [0.25, 0.3) is 0 Å². The van der Waals surface area contributed by atoms with E-state index in [1.807, 2.05) is 36.9 Å². The van der Waals surface area contributed by atoms with E-state index < -0.39 is 0 Å². The van der Waals surface area contributed by atoms with E-state index in [1.165, 1.54) is 6.42 Å². The summed E-state index contributed by atoms with van der Waals surface area (Å²) in [6, 6.07) is 5.87. The molecule has 0 radical (unpaired) electrons. The molecule has 1 aliphatic rings. The topological polar surface area (TPSA) is 32.3 Å². The van der Waals surface area contributed by atoms with Gasteiger partial charge >= 0.3 is 0 Å². The Labute approximate surface area is 126 Å². The van der Waals surface area contributed by atoms with E-state index in [-0.39, 0.29) is 11.9 Å². The number of benzene rings is 1. The van der Waals surface area contributed by atoms with Gasteiger partial charge < -0.3 is 10.2 Å². The second-order valence-electron chi connectivity index (χ2n) is 5.57. The third-order valence-electron chi connectivity index (χ3n) is 3.89. The van der Waals surface area contributed by atoms with Crippen molar-refractivity contribution in [3.8, 4) is 0 Å². The first-order valence-electron chi connectivity index (χ1n) is 7.35. The number of amides is 1. The van der Waals surface area contributed by atoms with Gasteiger partial charge in [-0.15, -0.1) is 0 Å². The Morgan fingerprint density at radius 3 is 2.70 bits per heavy atom. The van der Waals surface area contributed by atoms with Gasteiger partial charge in [0, 0.05) is 24.7 Å². The van der Waals surface area contributed by atoms with Crippen LogP contribution in [0.4, 0.5) is 0 Å². The Bertz CT molecular complexity index is 470. The normalized spacial score (nSPS) is 17.1. The van der Waals surface area contributed by atoms with Gasteiger partial charge in [-0.25, -0.2) is 0 Å². The quantitative estimate of drug-likeness (QED) is 0.925. The van der Waals surface area contributed by atoms with Crippen LogP contribution in [0.15, 0.2) is 18.2 Å². The highest BCUT2D eigenvalue weighted by molar-refractivity contribution is 6.31. The smallest absolute Gasteiger partial charge is 0.239 e. The van der Waals surface area contributed by atoms with E-state index >= 15 is 0 Å². The highest BCUT2D eigenvalue weighted by Crippen LogP contribution is 2.16. The zero-order valence-corrected chi connectivity index (χ0v) is 13.0. The SMILES string of the molecule is Cc1ccc(CNC(C)C(=O)N2CCCCC2)cc1Cl. The first kappa shape index (κ1) is 15.3. The van der Waals surface area contributed by atoms with Crippen molar-refractivity contribution in [2.75, 3.05) is 13.1 Å². The maximum absolute atomic E-state index is 12.3. The fourth-order valence-corrected chi connectivity index (χ4v) is 2.70. The number of rotatable bonds is 4. The molecule has 1 unspecified atom stereocenters. The molecule has 0 aliphatic carbocycles. The lowest BCUT2D eigenvalue weighted by molar-refractivity contribution is -0.133. The number of halogens is 1. The molecule has 1 N–H and O–H groups in total. The minimum atomic E-state index is -0.145. The maximum atomic E-state index is 12.3. The van der Waals surface area contributed by atoms with Crippen molar-refractivity contribution in [3.05, 3.63) is 34.3 Å². The van der Waals surface area contributed by atoms with Gasteiger partial charge in [-0.1, -0.05) is 23.7 Å². The Kier molecular flexibility index (Phi) is 5.44. The minimum Gasteiger partial charge on any atom is -0.341 e. The molecule has 20 heavy (non-hydrogen) atoms. The van der Waals surface area contributed by atoms with Crippen LogP contribution in [-0.4, -0.2) is 29.9 Å². The van der Waals surface area contributed by atoms with E-state index in [4.69, 9.17) is 11.6 Å². The van der Waals surface area contributed by atoms with E-state index in [1.54, 1.807) is 0 Å². The monoisotopic (exact) mass is 294 g/mol. The van der Waals surface area contributed by atoms with Crippen molar-refractivity contribution in [2.24, 2.45) is 0 Å². The molecule has 1 aromatic carbocycles. The Hall–Kier alpha value is -1.06. The van der Waals surface area contributed by atoms with Crippen LogP contribution >= 0.6 is 11.6 Å². The first-order chi connectivity index (χ1) is 9.58. The van der Waals surface area contributed by atoms with Gasteiger partial charge in [0.15, 0.2) is 0 Å². The molecular weight excluding hydrogens is 272 g/mol. The van der Waals surface area contributed by atoms with Gasteiger partial charge in [0.2, 0.25) is 5.91 Å². The number of aryl methyl sites for hydroxylation is 1. The van der Waals surface area contributed by atoms with Crippen molar-refractivity contribution in [3.63, 3.8) is 0 Å². The molecule has 0 bridgehead atoms. The molecule has 0 aromatic heterocycles. The van der Waals surface area contributed by atoms with Gasteiger partial charge in [0.05, 0.1) is 6.04 Å². The third kappa shape index (κ3) is 3.97. The average molecular weight is 295 g/mol. The number of nitrogens with one attached hydrogen (secondary N) is 1. The summed E-state index contributed by atoms with van der Waals surface area (Å²) in [5.41, 5.74) is 2.19. The molecule has 1 aromatic rings. The predicted molar refractivity (Wildman–Crippen MR) is 82.9 cm³/mol. The fraction of sp³-hybridized carbons (Fsp3) is 0.562. The van der Waals surface area contributed by atoms with E-state index in [0.29, 0.717) is 6.54 Å². The second kappa shape index (κ2) is 7.09. The van der Waals surface area contributed by atoms with Crippen molar-refractivity contribution in [1.29, 1.82) is 0 Å². The molecule has 0 saturated carbocycles. The maximum Gasteiger partial charge on any atom is 0.239 e. The van der Waals surface area contributed by atoms with Crippen LogP contribution < -0.4 is 5.32 Å². The molecule has 1 aliphatic heterocycles. The number of nitrogens with zero attached hydrogens (tertiary/aromatic N) is 1. The van der Waals surface area contributed by atoms with Crippen LogP contribution in [0, 0.1) is 6.92 Å². The largest absolute Gasteiger partial charge is 0.341 e. The lowest BCUT2D eigenvalue weighted by Crippen LogP contribution is -2.46. The highest BCUT2D eigenvalue weighted by atomic mass is 35.5. The van der Waals surface area contributed by atoms with Crippen molar-refractivity contribution in [1.82, 2.24) is 10.2 Å². The first-order valence-corrected chi connectivity index (χ1v) is 7.73. The molecule has 110 valence electrons. The van der Waals surface area contributed by atoms with Crippen LogP contribution in [0.3, 0.4) is 0 Å². The van der Waals surface area contributed by atoms with Gasteiger partial charge in [-0.05, 0) is 50.3 Å². The van der Waals surface area contributed by atoms with E-state index in [9.17, 15) is 4.79 Å². The lowest BCUT2D eigenvalue weighted by atomic mass is 10.1. The molecule has 1 saturated heterocycles. The standard InChI is InChI=1S/C16H23ClN2O/c1-12-6-7-14(10-15(12)17)11-18-13(2)16(20)19-8-4-3-5-9-19/h6-7,10,13,18H,3-5,8-9,11H2,1-2H3. The van der Waals surface area contributed by atoms with Crippen LogP contribution in [-0.2, 0) is 11.3 Å².